The quantitative estimate of drug-likeness (QED) is 0.0627. The molecule has 0 radical (unpaired) electrons. The number of anilines is 3. The molecule has 0 aliphatic heterocycles. The fourth-order valence-corrected chi connectivity index (χ4v) is 5.12. The first kappa shape index (κ1) is 40.6. The van der Waals surface area contributed by atoms with Gasteiger partial charge in [-0.25, -0.2) is 0 Å². The molecule has 0 aliphatic rings. The van der Waals surface area contributed by atoms with Crippen molar-refractivity contribution in [1.29, 1.82) is 0 Å². The molecule has 0 aliphatic carbocycles. The van der Waals surface area contributed by atoms with E-state index in [9.17, 15) is 39.5 Å². The van der Waals surface area contributed by atoms with Crippen LogP contribution in [0, 0.1) is 0 Å². The lowest BCUT2D eigenvalue weighted by Gasteiger charge is -2.18. The molecule has 0 unspecified atom stereocenters. The van der Waals surface area contributed by atoms with Gasteiger partial charge in [-0.2, -0.15) is 39.5 Å². The first-order chi connectivity index (χ1) is 27.3. The number of ether oxygens (including phenoxy) is 3. The molecular weight excluding hydrogens is 788 g/mol. The Hall–Kier alpha value is -7.05. The van der Waals surface area contributed by atoms with Gasteiger partial charge in [0, 0.05) is 17.1 Å². The van der Waals surface area contributed by atoms with Crippen LogP contribution in [0.3, 0.4) is 0 Å². The average molecular weight is 815 g/mol. The Labute approximate surface area is 323 Å². The number of alkyl halides is 9. The highest BCUT2D eigenvalue weighted by Gasteiger charge is 2.37. The van der Waals surface area contributed by atoms with Crippen LogP contribution in [0.5, 0.6) is 51.7 Å². The Balaban J connectivity index is 1.21. The van der Waals surface area contributed by atoms with Crippen LogP contribution in [0.4, 0.5) is 56.6 Å². The van der Waals surface area contributed by atoms with Crippen molar-refractivity contribution >= 4 is 24.4 Å². The van der Waals surface area contributed by atoms with E-state index < -0.39 is 59.8 Å². The standard InChI is InChI=1S/C39H27BF9N3O6/c41-37(42,43)31-19-22(50)1-16-34(31)53-25-4-10-28(11-5-25)56-40(57-29-12-6-26(7-13-29)54-35-17-2-23(51)20-32(35)38(44,45)46)58-30-14-8-27(9-15-30)55-36-18-3-24(52)21-33(36)39(47,48)49/h1-21H,50-52H2. The number of nitrogen functional groups attached to an aromatic ring is 3. The third kappa shape index (κ3) is 10.4. The second-order valence-corrected chi connectivity index (χ2v) is 12.1. The summed E-state index contributed by atoms with van der Waals surface area (Å²) < 4.78 is 156. The maximum absolute atomic E-state index is 13.6. The van der Waals surface area contributed by atoms with E-state index in [1.54, 1.807) is 0 Å². The minimum Gasteiger partial charge on any atom is -0.490 e. The van der Waals surface area contributed by atoms with Crippen LogP contribution in [0.25, 0.3) is 0 Å². The van der Waals surface area contributed by atoms with Crippen molar-refractivity contribution in [2.75, 3.05) is 17.2 Å². The van der Waals surface area contributed by atoms with Gasteiger partial charge in [-0.3, -0.25) is 0 Å². The number of halogens is 9. The number of rotatable bonds is 12. The highest BCUT2D eigenvalue weighted by molar-refractivity contribution is 6.39. The summed E-state index contributed by atoms with van der Waals surface area (Å²) >= 11 is 0. The van der Waals surface area contributed by atoms with Crippen molar-refractivity contribution in [1.82, 2.24) is 0 Å². The SMILES string of the molecule is Nc1ccc(Oc2ccc(OB(Oc3ccc(Oc4ccc(N)cc4C(F)(F)F)cc3)Oc3ccc(Oc4ccc(N)cc4C(F)(F)F)cc3)cc2)c(C(F)(F)F)c1. The molecule has 0 spiro atoms. The molecule has 300 valence electrons. The molecule has 0 heterocycles. The van der Waals surface area contributed by atoms with Gasteiger partial charge >= 0.3 is 25.9 Å². The minimum atomic E-state index is -4.76. The molecular formula is C39H27BF9N3O6. The lowest BCUT2D eigenvalue weighted by molar-refractivity contribution is -0.139. The van der Waals surface area contributed by atoms with Gasteiger partial charge in [-0.05, 0) is 127 Å². The molecule has 19 heteroatoms. The molecule has 6 N–H and O–H groups in total. The van der Waals surface area contributed by atoms with Crippen LogP contribution in [-0.4, -0.2) is 7.32 Å². The van der Waals surface area contributed by atoms with E-state index in [1.807, 2.05) is 0 Å². The average Bonchev–Trinajstić information content (AvgIpc) is 3.15. The van der Waals surface area contributed by atoms with E-state index in [4.69, 9.17) is 45.4 Å². The fourth-order valence-electron chi connectivity index (χ4n) is 5.12. The number of nitrogens with two attached hydrogens (primary N) is 3. The summed E-state index contributed by atoms with van der Waals surface area (Å²) in [5.74, 6) is -1.32. The van der Waals surface area contributed by atoms with Crippen molar-refractivity contribution in [3.8, 4) is 51.7 Å². The van der Waals surface area contributed by atoms with Crippen LogP contribution < -0.4 is 45.4 Å². The summed E-state index contributed by atoms with van der Waals surface area (Å²) in [4.78, 5) is 0. The van der Waals surface area contributed by atoms with Crippen molar-refractivity contribution in [3.05, 3.63) is 144 Å². The smallest absolute Gasteiger partial charge is 0.490 e. The van der Waals surface area contributed by atoms with Crippen LogP contribution in [-0.2, 0) is 18.5 Å². The second kappa shape index (κ2) is 16.2. The molecule has 9 nitrogen and oxygen atoms in total. The van der Waals surface area contributed by atoms with Crippen molar-refractivity contribution in [2.45, 2.75) is 18.5 Å². The Morgan fingerprint density at radius 3 is 0.776 bits per heavy atom. The molecule has 6 aromatic carbocycles. The van der Waals surface area contributed by atoms with E-state index in [2.05, 4.69) is 0 Å². The molecule has 6 aromatic rings. The zero-order valence-electron chi connectivity index (χ0n) is 29.3. The number of hydrogen-bond acceptors (Lipinski definition) is 9. The largest absolute Gasteiger partial charge is 0.864 e. The van der Waals surface area contributed by atoms with E-state index in [1.165, 1.54) is 91.0 Å². The van der Waals surface area contributed by atoms with Gasteiger partial charge < -0.3 is 45.4 Å². The van der Waals surface area contributed by atoms with Gasteiger partial charge in [-0.1, -0.05) is 0 Å². The first-order valence-electron chi connectivity index (χ1n) is 16.5. The Morgan fingerprint density at radius 1 is 0.328 bits per heavy atom. The van der Waals surface area contributed by atoms with Gasteiger partial charge in [0.2, 0.25) is 0 Å². The molecule has 0 bridgehead atoms. The van der Waals surface area contributed by atoms with E-state index in [0.717, 1.165) is 36.4 Å². The molecule has 0 amide bonds. The summed E-state index contributed by atoms with van der Waals surface area (Å²) in [6, 6.07) is 25.0. The van der Waals surface area contributed by atoms with Crippen LogP contribution >= 0.6 is 0 Å². The first-order valence-corrected chi connectivity index (χ1v) is 16.5. The summed E-state index contributed by atoms with van der Waals surface area (Å²) in [7, 11) is -1.62. The van der Waals surface area contributed by atoms with Gasteiger partial charge in [-0.15, -0.1) is 0 Å². The number of hydrogen-bond donors (Lipinski definition) is 3. The van der Waals surface area contributed by atoms with Crippen molar-refractivity contribution in [2.24, 2.45) is 0 Å². The zero-order valence-corrected chi connectivity index (χ0v) is 29.3. The zero-order chi connectivity index (χ0) is 41.8. The molecule has 0 saturated carbocycles. The van der Waals surface area contributed by atoms with Gasteiger partial charge in [0.1, 0.15) is 68.4 Å². The molecule has 0 fully saturated rings. The third-order valence-electron chi connectivity index (χ3n) is 7.78. The predicted molar refractivity (Wildman–Crippen MR) is 195 cm³/mol. The normalized spacial score (nSPS) is 11.7. The Morgan fingerprint density at radius 2 is 0.552 bits per heavy atom. The van der Waals surface area contributed by atoms with Crippen molar-refractivity contribution < 1.29 is 67.7 Å². The molecule has 0 aromatic heterocycles. The van der Waals surface area contributed by atoms with Crippen LogP contribution in [0.2, 0.25) is 0 Å². The Bertz CT molecular complexity index is 2100. The second-order valence-electron chi connectivity index (χ2n) is 12.1. The van der Waals surface area contributed by atoms with E-state index in [-0.39, 0.29) is 51.6 Å². The molecule has 58 heavy (non-hydrogen) atoms. The highest BCUT2D eigenvalue weighted by Crippen LogP contribution is 2.42. The minimum absolute atomic E-state index is 0.00301. The number of benzene rings is 6. The van der Waals surface area contributed by atoms with E-state index >= 15 is 0 Å². The summed E-state index contributed by atoms with van der Waals surface area (Å²) in [6.45, 7) is 0. The van der Waals surface area contributed by atoms with Crippen LogP contribution in [0.15, 0.2) is 127 Å². The molecule has 0 saturated heterocycles. The third-order valence-corrected chi connectivity index (χ3v) is 7.78. The lowest BCUT2D eigenvalue weighted by atomic mass is 10.1. The summed E-state index contributed by atoms with van der Waals surface area (Å²) in [6.07, 6.45) is -14.3. The predicted octanol–water partition coefficient (Wildman–Crippen LogP) is 11.4. The van der Waals surface area contributed by atoms with E-state index in [0.29, 0.717) is 0 Å². The van der Waals surface area contributed by atoms with Gasteiger partial charge in [0.15, 0.2) is 0 Å². The molecule has 6 rings (SSSR count). The van der Waals surface area contributed by atoms with Gasteiger partial charge in [0.05, 0.1) is 0 Å². The Kier molecular flexibility index (Phi) is 11.3. The topological polar surface area (TPSA) is 133 Å². The van der Waals surface area contributed by atoms with Crippen molar-refractivity contribution in [3.63, 3.8) is 0 Å². The maximum atomic E-state index is 13.6. The van der Waals surface area contributed by atoms with Crippen LogP contribution in [0.1, 0.15) is 16.7 Å². The van der Waals surface area contributed by atoms with Gasteiger partial charge in [0.25, 0.3) is 0 Å². The monoisotopic (exact) mass is 815 g/mol. The maximum Gasteiger partial charge on any atom is 0.864 e. The summed E-state index contributed by atoms with van der Waals surface area (Å²) in [5.41, 5.74) is 13.0. The fraction of sp³-hybridized carbons (Fsp3) is 0.0769. The molecule has 0 atom stereocenters. The highest BCUT2D eigenvalue weighted by atomic mass is 19.4. The lowest BCUT2D eigenvalue weighted by Crippen LogP contribution is -2.36. The summed E-state index contributed by atoms with van der Waals surface area (Å²) in [5, 5.41) is 0.